The summed E-state index contributed by atoms with van der Waals surface area (Å²) in [6, 6.07) is 12.1. The van der Waals surface area contributed by atoms with Crippen LogP contribution in [0.4, 0.5) is 18.9 Å². The van der Waals surface area contributed by atoms with Crippen molar-refractivity contribution in [2.75, 3.05) is 11.9 Å². The van der Waals surface area contributed by atoms with Crippen molar-refractivity contribution in [2.45, 2.75) is 39.8 Å². The number of aromatic nitrogens is 2. The second kappa shape index (κ2) is 9.24. The van der Waals surface area contributed by atoms with Crippen LogP contribution in [0.5, 0.6) is 5.75 Å². The van der Waals surface area contributed by atoms with Crippen LogP contribution in [0.1, 0.15) is 35.9 Å². The summed E-state index contributed by atoms with van der Waals surface area (Å²) in [5, 5.41) is 7.22. The van der Waals surface area contributed by atoms with E-state index in [1.165, 1.54) is 10.7 Å². The van der Waals surface area contributed by atoms with Crippen molar-refractivity contribution in [3.8, 4) is 11.4 Å². The maximum absolute atomic E-state index is 13.1. The van der Waals surface area contributed by atoms with Gasteiger partial charge in [-0.3, -0.25) is 4.79 Å². The average Bonchev–Trinajstić information content (AvgIpc) is 3.01. The molecule has 0 spiro atoms. The molecule has 0 aliphatic carbocycles. The zero-order chi connectivity index (χ0) is 22.6. The van der Waals surface area contributed by atoms with E-state index in [9.17, 15) is 18.0 Å². The first-order chi connectivity index (χ1) is 14.7. The van der Waals surface area contributed by atoms with Gasteiger partial charge in [-0.2, -0.15) is 18.3 Å². The van der Waals surface area contributed by atoms with Crippen LogP contribution < -0.4 is 10.1 Å². The van der Waals surface area contributed by atoms with Crippen molar-refractivity contribution in [3.63, 3.8) is 0 Å². The van der Waals surface area contributed by atoms with Crippen molar-refractivity contribution in [1.29, 1.82) is 0 Å². The number of carbonyl (C=O) groups is 1. The van der Waals surface area contributed by atoms with Gasteiger partial charge in [0.2, 0.25) is 5.91 Å². The second-order valence-corrected chi connectivity index (χ2v) is 7.18. The minimum absolute atomic E-state index is 0.0404. The molecule has 0 bridgehead atoms. The molecular formula is C23H24F3N3O2. The predicted octanol–water partition coefficient (Wildman–Crippen LogP) is 5.48. The minimum Gasteiger partial charge on any atom is -0.491 e. The molecule has 3 aromatic rings. The van der Waals surface area contributed by atoms with Crippen LogP contribution in [-0.4, -0.2) is 22.3 Å². The highest BCUT2D eigenvalue weighted by molar-refractivity contribution is 5.94. The van der Waals surface area contributed by atoms with Crippen molar-refractivity contribution >= 4 is 11.6 Å². The number of nitrogens with one attached hydrogen (secondary N) is 1. The summed E-state index contributed by atoms with van der Waals surface area (Å²) in [7, 11) is 0. The first kappa shape index (κ1) is 22.4. The summed E-state index contributed by atoms with van der Waals surface area (Å²) < 4.78 is 46.3. The first-order valence-corrected chi connectivity index (χ1v) is 9.95. The van der Waals surface area contributed by atoms with Crippen molar-refractivity contribution in [3.05, 3.63) is 71.0 Å². The van der Waals surface area contributed by atoms with E-state index in [2.05, 4.69) is 10.4 Å². The molecule has 1 N–H and O–H groups in total. The Morgan fingerprint density at radius 1 is 1.13 bits per heavy atom. The zero-order valence-corrected chi connectivity index (χ0v) is 17.6. The van der Waals surface area contributed by atoms with Gasteiger partial charge >= 0.3 is 6.18 Å². The fourth-order valence-electron chi connectivity index (χ4n) is 3.26. The number of nitrogens with zero attached hydrogens (tertiary/aromatic N) is 2. The van der Waals surface area contributed by atoms with Crippen LogP contribution in [0.15, 0.2) is 48.5 Å². The number of alkyl halides is 3. The van der Waals surface area contributed by atoms with E-state index in [4.69, 9.17) is 4.74 Å². The van der Waals surface area contributed by atoms with Gasteiger partial charge in [-0.1, -0.05) is 25.1 Å². The number of carbonyl (C=O) groups excluding carboxylic acids is 1. The fraction of sp³-hybridized carbons (Fsp3) is 0.304. The second-order valence-electron chi connectivity index (χ2n) is 7.18. The third-order valence-electron chi connectivity index (χ3n) is 4.82. The number of amides is 1. The lowest BCUT2D eigenvalue weighted by molar-refractivity contribution is -0.137. The van der Waals surface area contributed by atoms with Crippen LogP contribution in [-0.2, 0) is 17.4 Å². The van der Waals surface area contributed by atoms with E-state index in [-0.39, 0.29) is 12.3 Å². The number of hydrogen-bond donors (Lipinski definition) is 1. The molecule has 164 valence electrons. The summed E-state index contributed by atoms with van der Waals surface area (Å²) in [5.74, 6) is 0.327. The van der Waals surface area contributed by atoms with Crippen LogP contribution in [0.3, 0.4) is 0 Å². The van der Waals surface area contributed by atoms with Gasteiger partial charge in [-0.05, 0) is 50.6 Å². The summed E-state index contributed by atoms with van der Waals surface area (Å²) in [6.07, 6.45) is -3.56. The van der Waals surface area contributed by atoms with Crippen molar-refractivity contribution in [2.24, 2.45) is 0 Å². The molecule has 8 heteroatoms. The highest BCUT2D eigenvalue weighted by atomic mass is 19.4. The number of halogens is 3. The van der Waals surface area contributed by atoms with Crippen LogP contribution >= 0.6 is 0 Å². The number of aryl methyl sites for hydroxylation is 1. The smallest absolute Gasteiger partial charge is 0.416 e. The molecule has 0 saturated carbocycles. The SMILES string of the molecule is CCCOc1ccccc1NC(=O)Cc1c(C)nn(-c2cccc(C(F)(F)F)c2)c1C. The molecule has 0 unspecified atom stereocenters. The third-order valence-corrected chi connectivity index (χ3v) is 4.82. The molecule has 1 aromatic heterocycles. The normalized spacial score (nSPS) is 11.4. The highest BCUT2D eigenvalue weighted by Gasteiger charge is 2.30. The Kier molecular flexibility index (Phi) is 6.68. The molecule has 2 aromatic carbocycles. The largest absolute Gasteiger partial charge is 0.491 e. The number of anilines is 1. The Balaban J connectivity index is 1.82. The molecule has 1 amide bonds. The lowest BCUT2D eigenvalue weighted by Gasteiger charge is -2.12. The van der Waals surface area contributed by atoms with Crippen LogP contribution in [0, 0.1) is 13.8 Å². The van der Waals surface area contributed by atoms with E-state index in [1.807, 2.05) is 13.0 Å². The summed E-state index contributed by atoms with van der Waals surface area (Å²) in [4.78, 5) is 12.7. The molecule has 0 fully saturated rings. The Morgan fingerprint density at radius 3 is 2.58 bits per heavy atom. The molecular weight excluding hydrogens is 407 g/mol. The number of hydrogen-bond acceptors (Lipinski definition) is 3. The quantitative estimate of drug-likeness (QED) is 0.539. The number of para-hydroxylation sites is 2. The topological polar surface area (TPSA) is 56.1 Å². The Hall–Kier alpha value is -3.29. The first-order valence-electron chi connectivity index (χ1n) is 9.95. The molecule has 0 aliphatic heterocycles. The highest BCUT2D eigenvalue weighted by Crippen LogP contribution is 2.31. The van der Waals surface area contributed by atoms with Gasteiger partial charge in [0.25, 0.3) is 0 Å². The van der Waals surface area contributed by atoms with E-state index in [1.54, 1.807) is 38.1 Å². The number of ether oxygens (including phenoxy) is 1. The summed E-state index contributed by atoms with van der Waals surface area (Å²) in [5.41, 5.74) is 1.98. The molecule has 1 heterocycles. The van der Waals surface area contributed by atoms with Crippen molar-refractivity contribution in [1.82, 2.24) is 9.78 Å². The van der Waals surface area contributed by atoms with Crippen LogP contribution in [0.2, 0.25) is 0 Å². The number of rotatable bonds is 7. The molecule has 31 heavy (non-hydrogen) atoms. The van der Waals surface area contributed by atoms with Gasteiger partial charge < -0.3 is 10.1 Å². The summed E-state index contributed by atoms with van der Waals surface area (Å²) >= 11 is 0. The molecule has 5 nitrogen and oxygen atoms in total. The van der Waals surface area contributed by atoms with Gasteiger partial charge in [0.15, 0.2) is 0 Å². The van der Waals surface area contributed by atoms with E-state index in [0.717, 1.165) is 18.6 Å². The monoisotopic (exact) mass is 431 g/mol. The van der Waals surface area contributed by atoms with Gasteiger partial charge in [-0.15, -0.1) is 0 Å². The van der Waals surface area contributed by atoms with E-state index >= 15 is 0 Å². The lowest BCUT2D eigenvalue weighted by atomic mass is 10.1. The Labute approximate surface area is 178 Å². The average molecular weight is 431 g/mol. The van der Waals surface area contributed by atoms with Gasteiger partial charge in [-0.25, -0.2) is 4.68 Å². The van der Waals surface area contributed by atoms with E-state index < -0.39 is 11.7 Å². The molecule has 0 aliphatic rings. The summed E-state index contributed by atoms with van der Waals surface area (Å²) in [6.45, 7) is 6.00. The minimum atomic E-state index is -4.44. The number of benzene rings is 2. The molecule has 0 radical (unpaired) electrons. The van der Waals surface area contributed by atoms with Crippen molar-refractivity contribution < 1.29 is 22.7 Å². The molecule has 0 atom stereocenters. The maximum Gasteiger partial charge on any atom is 0.416 e. The fourth-order valence-corrected chi connectivity index (χ4v) is 3.26. The van der Waals surface area contributed by atoms with Gasteiger partial charge in [0.1, 0.15) is 5.75 Å². The van der Waals surface area contributed by atoms with Gasteiger partial charge in [0.05, 0.1) is 35.7 Å². The van der Waals surface area contributed by atoms with Crippen LogP contribution in [0.25, 0.3) is 5.69 Å². The van der Waals surface area contributed by atoms with Gasteiger partial charge in [0, 0.05) is 11.3 Å². The Morgan fingerprint density at radius 2 is 1.87 bits per heavy atom. The standard InChI is InChI=1S/C23H24F3N3O2/c1-4-12-31-21-11-6-5-10-20(21)27-22(30)14-19-15(2)28-29(16(19)3)18-9-7-8-17(13-18)23(24,25)26/h5-11,13H,4,12,14H2,1-3H3,(H,27,30). The van der Waals surface area contributed by atoms with E-state index in [0.29, 0.717) is 40.7 Å². The maximum atomic E-state index is 13.1. The Bertz CT molecular complexity index is 1070. The molecule has 3 rings (SSSR count). The zero-order valence-electron chi connectivity index (χ0n) is 17.6. The predicted molar refractivity (Wildman–Crippen MR) is 113 cm³/mol. The molecule has 0 saturated heterocycles. The third kappa shape index (κ3) is 5.25. The lowest BCUT2D eigenvalue weighted by Crippen LogP contribution is -2.16.